The minimum Gasteiger partial charge on any atom is -0.465 e. The molecule has 0 atom stereocenters. The first-order valence-corrected chi connectivity index (χ1v) is 10.6. The van der Waals surface area contributed by atoms with Gasteiger partial charge < -0.3 is 9.64 Å². The predicted molar refractivity (Wildman–Crippen MR) is 106 cm³/mol. The minimum absolute atomic E-state index is 0.303. The number of ether oxygens (including phenoxy) is 1. The zero-order valence-corrected chi connectivity index (χ0v) is 16.7. The summed E-state index contributed by atoms with van der Waals surface area (Å²) in [7, 11) is 1.40. The summed E-state index contributed by atoms with van der Waals surface area (Å²) in [6, 6.07) is 8.13. The van der Waals surface area contributed by atoms with Crippen molar-refractivity contribution in [3.63, 3.8) is 0 Å². The van der Waals surface area contributed by atoms with Crippen LogP contribution in [-0.4, -0.2) is 40.9 Å². The Morgan fingerprint density at radius 3 is 2.48 bits per heavy atom. The number of anilines is 1. The second-order valence-electron chi connectivity index (χ2n) is 7.53. The van der Waals surface area contributed by atoms with E-state index >= 15 is 0 Å². The molecule has 1 saturated carbocycles. The lowest BCUT2D eigenvalue weighted by Crippen LogP contribution is -2.34. The Kier molecular flexibility index (Phi) is 5.38. The number of carbonyl (C=O) groups is 1. The molecule has 144 valence electrons. The first-order valence-electron chi connectivity index (χ1n) is 9.65. The van der Waals surface area contributed by atoms with Crippen LogP contribution in [0.1, 0.15) is 54.6 Å². The number of hydrogen-bond donors (Lipinski definition) is 0. The summed E-state index contributed by atoms with van der Waals surface area (Å²) in [5, 5.41) is 10.1. The molecular weight excluding hydrogens is 360 g/mol. The van der Waals surface area contributed by atoms with E-state index in [1.54, 1.807) is 11.8 Å². The summed E-state index contributed by atoms with van der Waals surface area (Å²) in [6.45, 7) is 4.48. The maximum absolute atomic E-state index is 11.6. The van der Waals surface area contributed by atoms with E-state index in [9.17, 15) is 4.79 Å². The summed E-state index contributed by atoms with van der Waals surface area (Å²) in [5.41, 5.74) is 1.74. The van der Waals surface area contributed by atoms with Crippen molar-refractivity contribution in [1.82, 2.24) is 14.8 Å². The number of thioether (sulfide) groups is 1. The van der Waals surface area contributed by atoms with Crippen molar-refractivity contribution < 1.29 is 9.53 Å². The van der Waals surface area contributed by atoms with E-state index in [2.05, 4.69) is 26.6 Å². The van der Waals surface area contributed by atoms with Crippen molar-refractivity contribution in [1.29, 1.82) is 0 Å². The van der Waals surface area contributed by atoms with Crippen LogP contribution in [0.15, 0.2) is 29.4 Å². The van der Waals surface area contributed by atoms with Crippen LogP contribution >= 0.6 is 11.8 Å². The van der Waals surface area contributed by atoms with Crippen LogP contribution in [0.3, 0.4) is 0 Å². The first kappa shape index (κ1) is 18.3. The Hall–Kier alpha value is -2.02. The Morgan fingerprint density at radius 2 is 1.85 bits per heavy atom. The van der Waals surface area contributed by atoms with Gasteiger partial charge in [-0.1, -0.05) is 30.8 Å². The van der Waals surface area contributed by atoms with E-state index in [4.69, 9.17) is 4.74 Å². The van der Waals surface area contributed by atoms with E-state index in [1.165, 1.54) is 32.8 Å². The Morgan fingerprint density at radius 1 is 1.15 bits per heavy atom. The molecule has 6 nitrogen and oxygen atoms in total. The Balaban J connectivity index is 1.45. The number of carbonyl (C=O) groups excluding carboxylic acids is 1. The topological polar surface area (TPSA) is 60.2 Å². The average molecular weight is 387 g/mol. The Labute approximate surface area is 164 Å². The largest absolute Gasteiger partial charge is 0.465 e. The van der Waals surface area contributed by atoms with Crippen molar-refractivity contribution in [2.45, 2.75) is 49.6 Å². The normalized spacial score (nSPS) is 17.9. The van der Waals surface area contributed by atoms with Gasteiger partial charge in [-0.2, -0.15) is 0 Å². The number of aromatic nitrogens is 3. The lowest BCUT2D eigenvalue weighted by Gasteiger charge is -2.31. The summed E-state index contributed by atoms with van der Waals surface area (Å²) in [5.74, 6) is 2.36. The number of rotatable bonds is 6. The van der Waals surface area contributed by atoms with E-state index < -0.39 is 0 Å². The quantitative estimate of drug-likeness (QED) is 0.554. The van der Waals surface area contributed by atoms with Crippen LogP contribution < -0.4 is 4.90 Å². The van der Waals surface area contributed by atoms with Gasteiger partial charge >= 0.3 is 5.97 Å². The molecule has 1 aromatic heterocycles. The lowest BCUT2D eigenvalue weighted by molar-refractivity contribution is 0.0600. The van der Waals surface area contributed by atoms with E-state index in [-0.39, 0.29) is 5.97 Å². The van der Waals surface area contributed by atoms with Gasteiger partial charge in [0.2, 0.25) is 5.95 Å². The van der Waals surface area contributed by atoms with Crippen LogP contribution in [0.5, 0.6) is 0 Å². The second-order valence-corrected chi connectivity index (χ2v) is 8.47. The van der Waals surface area contributed by atoms with Crippen molar-refractivity contribution in [3.8, 4) is 0 Å². The molecule has 2 heterocycles. The molecule has 0 bridgehead atoms. The highest BCUT2D eigenvalue weighted by Crippen LogP contribution is 2.41. The molecule has 0 N–H and O–H groups in total. The number of piperidine rings is 1. The van der Waals surface area contributed by atoms with Crippen molar-refractivity contribution in [2.24, 2.45) is 5.92 Å². The average Bonchev–Trinajstić information content (AvgIpc) is 3.46. The van der Waals surface area contributed by atoms with Crippen LogP contribution in [0.2, 0.25) is 0 Å². The monoisotopic (exact) mass is 386 g/mol. The van der Waals surface area contributed by atoms with E-state index in [0.29, 0.717) is 11.6 Å². The molecule has 0 amide bonds. The summed E-state index contributed by atoms with van der Waals surface area (Å²) in [4.78, 5) is 14.0. The van der Waals surface area contributed by atoms with E-state index in [0.717, 1.165) is 41.4 Å². The van der Waals surface area contributed by atoms with E-state index in [1.807, 2.05) is 24.3 Å². The number of nitrogens with zero attached hydrogens (tertiary/aromatic N) is 4. The fraction of sp³-hybridized carbons (Fsp3) is 0.550. The molecule has 2 aliphatic rings. The van der Waals surface area contributed by atoms with Crippen molar-refractivity contribution in [2.75, 3.05) is 25.1 Å². The standard InChI is InChI=1S/C20H26N4O2S/c1-14-9-11-23(12-10-14)19-21-22-20(24(19)17-7-8-17)27-13-15-3-5-16(6-4-15)18(25)26-2/h3-6,14,17H,7-13H2,1-2H3. The van der Waals surface area contributed by atoms with Gasteiger partial charge in [0.25, 0.3) is 0 Å². The van der Waals surface area contributed by atoms with Gasteiger partial charge in [0, 0.05) is 24.9 Å². The molecule has 4 rings (SSSR count). The molecule has 2 fully saturated rings. The molecule has 1 aliphatic carbocycles. The van der Waals surface area contributed by atoms with Gasteiger partial charge in [-0.3, -0.25) is 4.57 Å². The highest BCUT2D eigenvalue weighted by molar-refractivity contribution is 7.98. The highest BCUT2D eigenvalue weighted by atomic mass is 32.2. The van der Waals surface area contributed by atoms with Gasteiger partial charge in [0.05, 0.1) is 12.7 Å². The molecular formula is C20H26N4O2S. The molecule has 1 aromatic carbocycles. The van der Waals surface area contributed by atoms with Gasteiger partial charge in [0.1, 0.15) is 0 Å². The molecule has 0 unspecified atom stereocenters. The molecule has 0 radical (unpaired) electrons. The fourth-order valence-electron chi connectivity index (χ4n) is 3.45. The third-order valence-corrected chi connectivity index (χ3v) is 6.38. The molecule has 1 aliphatic heterocycles. The van der Waals surface area contributed by atoms with Gasteiger partial charge in [-0.25, -0.2) is 4.79 Å². The first-order chi connectivity index (χ1) is 13.2. The minimum atomic E-state index is -0.303. The number of methoxy groups -OCH3 is 1. The predicted octanol–water partition coefficient (Wildman–Crippen LogP) is 3.93. The van der Waals surface area contributed by atoms with Crippen molar-refractivity contribution in [3.05, 3.63) is 35.4 Å². The zero-order valence-electron chi connectivity index (χ0n) is 15.9. The molecule has 0 spiro atoms. The highest BCUT2D eigenvalue weighted by Gasteiger charge is 2.32. The lowest BCUT2D eigenvalue weighted by atomic mass is 10.00. The molecule has 2 aromatic rings. The third-order valence-electron chi connectivity index (χ3n) is 5.37. The van der Waals surface area contributed by atoms with Crippen LogP contribution in [0.4, 0.5) is 5.95 Å². The van der Waals surface area contributed by atoms with Gasteiger partial charge in [0.15, 0.2) is 5.16 Å². The molecule has 1 saturated heterocycles. The molecule has 27 heavy (non-hydrogen) atoms. The summed E-state index contributed by atoms with van der Waals surface area (Å²) in [6.07, 6.45) is 4.90. The fourth-order valence-corrected chi connectivity index (χ4v) is 4.40. The SMILES string of the molecule is COC(=O)c1ccc(CSc2nnc(N3CCC(C)CC3)n2C2CC2)cc1. The Bertz CT molecular complexity index is 793. The number of esters is 1. The van der Waals surface area contributed by atoms with Crippen LogP contribution in [-0.2, 0) is 10.5 Å². The summed E-state index contributed by atoms with van der Waals surface area (Å²) >= 11 is 1.72. The number of hydrogen-bond acceptors (Lipinski definition) is 6. The van der Waals surface area contributed by atoms with Gasteiger partial charge in [-0.15, -0.1) is 10.2 Å². The van der Waals surface area contributed by atoms with Gasteiger partial charge in [-0.05, 0) is 49.3 Å². The zero-order chi connectivity index (χ0) is 18.8. The van der Waals surface area contributed by atoms with Crippen LogP contribution in [0, 0.1) is 5.92 Å². The maximum Gasteiger partial charge on any atom is 0.337 e. The van der Waals surface area contributed by atoms with Crippen LogP contribution in [0.25, 0.3) is 0 Å². The summed E-state index contributed by atoms with van der Waals surface area (Å²) < 4.78 is 7.10. The third kappa shape index (κ3) is 4.13. The second kappa shape index (κ2) is 7.92. The smallest absolute Gasteiger partial charge is 0.337 e. The number of benzene rings is 1. The maximum atomic E-state index is 11.6. The van der Waals surface area contributed by atoms with Crippen molar-refractivity contribution >= 4 is 23.7 Å². The molecule has 7 heteroatoms.